The first-order valence-electron chi connectivity index (χ1n) is 27.3. The Morgan fingerprint density at radius 3 is 0.875 bits per heavy atom. The first kappa shape index (κ1) is 46.7. The van der Waals surface area contributed by atoms with Crippen molar-refractivity contribution in [1.29, 1.82) is 0 Å². The van der Waals surface area contributed by atoms with Crippen LogP contribution < -0.4 is 0 Å². The molecular weight excluding hydrogens is 967 g/mol. The van der Waals surface area contributed by atoms with Crippen molar-refractivity contribution in [2.75, 3.05) is 0 Å². The summed E-state index contributed by atoms with van der Waals surface area (Å²) >= 11 is 0. The Kier molecular flexibility index (Phi) is 11.5. The SMILES string of the molecule is c1ccc(-c2cc(-c3ccccc3)c3ccc(-c4nc(-c5cccc(-c6cccc(-c7ccc8c9ccccc9c9ccccc9c8c7)c6)c5)nc(-c5ccc6c(-c7ccccc7)cc(-c7ccccc7)cc6c5)n4)cc3c2)cc1. The fourth-order valence-electron chi connectivity index (χ4n) is 11.9. The van der Waals surface area contributed by atoms with Crippen molar-refractivity contribution in [3.05, 3.63) is 297 Å². The Labute approximate surface area is 464 Å². The Balaban J connectivity index is 0.883. The molecule has 0 atom stereocenters. The van der Waals surface area contributed by atoms with Crippen LogP contribution in [0, 0.1) is 0 Å². The summed E-state index contributed by atoms with van der Waals surface area (Å²) in [6, 6.07) is 107. The quantitative estimate of drug-likeness (QED) is 0.135. The second kappa shape index (κ2) is 19.8. The van der Waals surface area contributed by atoms with Gasteiger partial charge >= 0.3 is 0 Å². The van der Waals surface area contributed by atoms with Crippen LogP contribution in [0.25, 0.3) is 155 Å². The van der Waals surface area contributed by atoms with Gasteiger partial charge in [-0.25, -0.2) is 15.0 Å². The first-order valence-corrected chi connectivity index (χ1v) is 27.3. The summed E-state index contributed by atoms with van der Waals surface area (Å²) in [5.41, 5.74) is 16.5. The lowest BCUT2D eigenvalue weighted by molar-refractivity contribution is 1.08. The summed E-state index contributed by atoms with van der Waals surface area (Å²) in [6.07, 6.45) is 0. The Hall–Kier alpha value is -10.6. The molecule has 15 rings (SSSR count). The van der Waals surface area contributed by atoms with E-state index >= 15 is 0 Å². The molecule has 0 N–H and O–H groups in total. The standard InChI is InChI=1S/C77H49N3/c1-5-19-50(20-6-1)61-45-63-43-59(36-38-65(63)72(48-61)52-23-9-3-10-24-52)76-78-75(79-77(80-76)60-37-39-66-64(44-60)46-62(51-21-7-2-8-22-51)49-73(66)53-25-11-4-12-26-53)58-30-18-29-56(42-58)54-27-17-28-55(41-54)57-35-40-71-69-33-14-13-31-67(69)68-32-15-16-34-70(68)74(71)47-57/h1-49H. The van der Waals surface area contributed by atoms with E-state index in [0.717, 1.165) is 77.2 Å². The second-order valence-electron chi connectivity index (χ2n) is 20.7. The van der Waals surface area contributed by atoms with Crippen molar-refractivity contribution in [2.45, 2.75) is 0 Å². The third-order valence-corrected chi connectivity index (χ3v) is 15.8. The van der Waals surface area contributed by atoms with Crippen LogP contribution in [0.15, 0.2) is 297 Å². The number of aromatic nitrogens is 3. The van der Waals surface area contributed by atoms with Gasteiger partial charge in [-0.1, -0.05) is 243 Å². The molecule has 0 bridgehead atoms. The third kappa shape index (κ3) is 8.55. The highest BCUT2D eigenvalue weighted by atomic mass is 15.0. The highest BCUT2D eigenvalue weighted by Gasteiger charge is 2.18. The van der Waals surface area contributed by atoms with E-state index in [0.29, 0.717) is 17.5 Å². The molecule has 80 heavy (non-hydrogen) atoms. The van der Waals surface area contributed by atoms with E-state index in [4.69, 9.17) is 15.0 Å². The molecule has 14 aromatic carbocycles. The first-order chi connectivity index (χ1) is 39.6. The lowest BCUT2D eigenvalue weighted by atomic mass is 9.91. The van der Waals surface area contributed by atoms with Gasteiger partial charge in [0.25, 0.3) is 0 Å². The van der Waals surface area contributed by atoms with E-state index in [1.807, 2.05) is 0 Å². The van der Waals surface area contributed by atoms with Crippen LogP contribution in [-0.4, -0.2) is 15.0 Å². The van der Waals surface area contributed by atoms with Crippen molar-refractivity contribution in [3.63, 3.8) is 0 Å². The number of nitrogens with zero attached hydrogens (tertiary/aromatic N) is 3. The maximum atomic E-state index is 5.40. The van der Waals surface area contributed by atoms with Gasteiger partial charge in [-0.15, -0.1) is 0 Å². The lowest BCUT2D eigenvalue weighted by Gasteiger charge is -2.14. The predicted molar refractivity (Wildman–Crippen MR) is 336 cm³/mol. The van der Waals surface area contributed by atoms with Crippen LogP contribution in [0.2, 0.25) is 0 Å². The van der Waals surface area contributed by atoms with Crippen molar-refractivity contribution in [2.24, 2.45) is 0 Å². The highest BCUT2D eigenvalue weighted by Crippen LogP contribution is 2.41. The van der Waals surface area contributed by atoms with E-state index in [1.165, 1.54) is 60.1 Å². The summed E-state index contributed by atoms with van der Waals surface area (Å²) in [6.45, 7) is 0. The molecule has 0 aliphatic heterocycles. The average Bonchev–Trinajstić information content (AvgIpc) is 3.68. The maximum Gasteiger partial charge on any atom is 0.164 e. The zero-order valence-electron chi connectivity index (χ0n) is 43.6. The van der Waals surface area contributed by atoms with Gasteiger partial charge in [0, 0.05) is 16.7 Å². The topological polar surface area (TPSA) is 38.7 Å². The minimum absolute atomic E-state index is 0.600. The molecule has 1 aromatic heterocycles. The van der Waals surface area contributed by atoms with E-state index < -0.39 is 0 Å². The number of fused-ring (bicyclic) bond motifs is 8. The van der Waals surface area contributed by atoms with Crippen LogP contribution in [-0.2, 0) is 0 Å². The summed E-state index contributed by atoms with van der Waals surface area (Å²) < 4.78 is 0. The van der Waals surface area contributed by atoms with E-state index in [-0.39, 0.29) is 0 Å². The van der Waals surface area contributed by atoms with Crippen LogP contribution in [0.4, 0.5) is 0 Å². The maximum absolute atomic E-state index is 5.40. The Morgan fingerprint density at radius 2 is 0.438 bits per heavy atom. The summed E-state index contributed by atoms with van der Waals surface area (Å²) in [7, 11) is 0. The van der Waals surface area contributed by atoms with Crippen LogP contribution in [0.5, 0.6) is 0 Å². The molecule has 3 nitrogen and oxygen atoms in total. The van der Waals surface area contributed by atoms with Crippen LogP contribution in [0.3, 0.4) is 0 Å². The van der Waals surface area contributed by atoms with E-state index in [1.54, 1.807) is 0 Å². The summed E-state index contributed by atoms with van der Waals surface area (Å²) in [4.78, 5) is 16.2. The summed E-state index contributed by atoms with van der Waals surface area (Å²) in [5, 5.41) is 12.1. The van der Waals surface area contributed by atoms with Crippen molar-refractivity contribution < 1.29 is 0 Å². The van der Waals surface area contributed by atoms with Gasteiger partial charge in [0.1, 0.15) is 0 Å². The largest absolute Gasteiger partial charge is 0.208 e. The average molecular weight is 1020 g/mol. The van der Waals surface area contributed by atoms with Gasteiger partial charge in [0.05, 0.1) is 0 Å². The molecular formula is C77H49N3. The molecule has 0 unspecified atom stereocenters. The lowest BCUT2D eigenvalue weighted by Crippen LogP contribution is -2.00. The van der Waals surface area contributed by atoms with Gasteiger partial charge in [0.15, 0.2) is 17.5 Å². The molecule has 0 saturated carbocycles. The smallest absolute Gasteiger partial charge is 0.164 e. The molecule has 0 amide bonds. The molecule has 3 heteroatoms. The van der Waals surface area contributed by atoms with Crippen molar-refractivity contribution >= 4 is 53.9 Å². The molecule has 0 fully saturated rings. The molecule has 0 aliphatic rings. The zero-order valence-corrected chi connectivity index (χ0v) is 43.6. The minimum atomic E-state index is 0.600. The van der Waals surface area contributed by atoms with Gasteiger partial charge in [-0.3, -0.25) is 0 Å². The fourth-order valence-corrected chi connectivity index (χ4v) is 11.9. The number of rotatable bonds is 9. The van der Waals surface area contributed by atoms with E-state index in [9.17, 15) is 0 Å². The zero-order chi connectivity index (χ0) is 52.9. The molecule has 0 saturated heterocycles. The van der Waals surface area contributed by atoms with Gasteiger partial charge in [-0.2, -0.15) is 0 Å². The van der Waals surface area contributed by atoms with Crippen LogP contribution in [0.1, 0.15) is 0 Å². The summed E-state index contributed by atoms with van der Waals surface area (Å²) in [5.74, 6) is 1.80. The Morgan fingerprint density at radius 1 is 0.150 bits per heavy atom. The van der Waals surface area contributed by atoms with Gasteiger partial charge in [-0.05, 0) is 175 Å². The molecule has 0 aliphatic carbocycles. The fraction of sp³-hybridized carbons (Fsp3) is 0. The second-order valence-corrected chi connectivity index (χ2v) is 20.7. The van der Waals surface area contributed by atoms with Gasteiger partial charge < -0.3 is 0 Å². The third-order valence-electron chi connectivity index (χ3n) is 15.8. The number of hydrogen-bond acceptors (Lipinski definition) is 3. The minimum Gasteiger partial charge on any atom is -0.208 e. The van der Waals surface area contributed by atoms with Gasteiger partial charge in [0.2, 0.25) is 0 Å². The Bertz CT molecular complexity index is 4640. The predicted octanol–water partition coefficient (Wildman–Crippen LogP) is 20.6. The number of hydrogen-bond donors (Lipinski definition) is 0. The monoisotopic (exact) mass is 1020 g/mol. The molecule has 0 spiro atoms. The normalized spacial score (nSPS) is 11.5. The van der Waals surface area contributed by atoms with E-state index in [2.05, 4.69) is 297 Å². The van der Waals surface area contributed by atoms with Crippen LogP contribution >= 0.6 is 0 Å². The molecule has 372 valence electrons. The van der Waals surface area contributed by atoms with Crippen molar-refractivity contribution in [3.8, 4) is 101 Å². The highest BCUT2D eigenvalue weighted by molar-refractivity contribution is 6.25. The molecule has 1 heterocycles. The molecule has 0 radical (unpaired) electrons. The molecule has 15 aromatic rings. The number of benzene rings is 14. The van der Waals surface area contributed by atoms with Crippen molar-refractivity contribution in [1.82, 2.24) is 15.0 Å².